The summed E-state index contributed by atoms with van der Waals surface area (Å²) in [5, 5.41) is 8.88. The van der Waals surface area contributed by atoms with Gasteiger partial charge >= 0.3 is 5.97 Å². The summed E-state index contributed by atoms with van der Waals surface area (Å²) < 4.78 is 50.7. The van der Waals surface area contributed by atoms with E-state index in [1.165, 1.54) is 0 Å². The Hall–Kier alpha value is -0.530. The van der Waals surface area contributed by atoms with Crippen LogP contribution in [0.5, 0.6) is 0 Å². The third kappa shape index (κ3) is 3.49. The van der Waals surface area contributed by atoms with Gasteiger partial charge in [0.25, 0.3) is 0 Å². The van der Waals surface area contributed by atoms with Crippen molar-refractivity contribution in [3.63, 3.8) is 0 Å². The Morgan fingerprint density at radius 3 is 3.00 bits per heavy atom. The zero-order valence-corrected chi connectivity index (χ0v) is 5.85. The van der Waals surface area contributed by atoms with Gasteiger partial charge in [0, 0.05) is 9.60 Å². The summed E-state index contributed by atoms with van der Waals surface area (Å²) in [7, 11) is 0. The summed E-state index contributed by atoms with van der Waals surface area (Å²) in [5.74, 6) is -3.20. The van der Waals surface area contributed by atoms with E-state index < -0.39 is 31.5 Å². The molecule has 0 radical (unpaired) electrons. The fourth-order valence-corrected chi connectivity index (χ4v) is 0.633. The number of carboxylic acids is 1. The number of aliphatic carboxylic acids is 1. The topological polar surface area (TPSA) is 37.3 Å². The zero-order valence-electron chi connectivity index (χ0n) is 12.8. The van der Waals surface area contributed by atoms with E-state index in [1.807, 2.05) is 0 Å². The normalized spacial score (nSPS) is 27.5. The van der Waals surface area contributed by atoms with Crippen LogP contribution >= 0.6 is 0 Å². The largest absolute Gasteiger partial charge is 0.481 e. The van der Waals surface area contributed by atoms with Gasteiger partial charge in [-0.25, -0.2) is 0 Å². The summed E-state index contributed by atoms with van der Waals surface area (Å²) >= 11 is 0. The number of carbonyl (C=O) groups is 1. The van der Waals surface area contributed by atoms with Crippen molar-refractivity contribution < 1.29 is 19.5 Å². The molecule has 0 rings (SSSR count). The first-order chi connectivity index (χ1) is 7.39. The van der Waals surface area contributed by atoms with Crippen molar-refractivity contribution in [3.05, 3.63) is 0 Å². The standard InChI is InChI=1S/C8H16O2/c1-3-5-7(6-4-2)8(9)10/h7H,3-6H2,1-2H3,(H,9,10)/i1D3,3D2,5D2. The van der Waals surface area contributed by atoms with Gasteiger partial charge in [0.05, 0.1) is 5.92 Å². The molecule has 0 aliphatic carbocycles. The summed E-state index contributed by atoms with van der Waals surface area (Å²) in [4.78, 5) is 10.9. The molecule has 0 aromatic heterocycles. The second kappa shape index (κ2) is 5.27. The molecule has 0 bridgehead atoms. The highest BCUT2D eigenvalue weighted by Gasteiger charge is 2.13. The molecular weight excluding hydrogens is 128 g/mol. The van der Waals surface area contributed by atoms with Gasteiger partial charge in [-0.1, -0.05) is 26.6 Å². The highest BCUT2D eigenvalue weighted by molar-refractivity contribution is 5.69. The molecule has 2 heteroatoms. The molecule has 60 valence electrons. The Morgan fingerprint density at radius 1 is 1.90 bits per heavy atom. The maximum Gasteiger partial charge on any atom is 0.306 e. The maximum atomic E-state index is 10.9. The van der Waals surface area contributed by atoms with E-state index in [4.69, 9.17) is 14.7 Å². The molecule has 0 saturated carbocycles. The van der Waals surface area contributed by atoms with Gasteiger partial charge in [0.1, 0.15) is 0 Å². The third-order valence-corrected chi connectivity index (χ3v) is 1.12. The van der Waals surface area contributed by atoms with E-state index in [0.29, 0.717) is 6.42 Å². The smallest absolute Gasteiger partial charge is 0.306 e. The molecule has 0 saturated heterocycles. The highest BCUT2D eigenvalue weighted by atomic mass is 16.4. The van der Waals surface area contributed by atoms with Crippen LogP contribution in [-0.2, 0) is 4.79 Å². The third-order valence-electron chi connectivity index (χ3n) is 1.12. The molecular formula is C8H16O2. The van der Waals surface area contributed by atoms with Crippen LogP contribution in [0.4, 0.5) is 0 Å². The average Bonchev–Trinajstić information content (AvgIpc) is 2.11. The van der Waals surface area contributed by atoms with Crippen molar-refractivity contribution in [2.45, 2.75) is 39.4 Å². The number of carboxylic acid groups (broad SMARTS) is 1. The van der Waals surface area contributed by atoms with Crippen molar-refractivity contribution in [2.75, 3.05) is 0 Å². The van der Waals surface area contributed by atoms with Crippen LogP contribution in [0.15, 0.2) is 0 Å². The summed E-state index contributed by atoms with van der Waals surface area (Å²) in [6.07, 6.45) is -5.95. The molecule has 0 aliphatic rings. The van der Waals surface area contributed by atoms with E-state index in [1.54, 1.807) is 6.92 Å². The van der Waals surface area contributed by atoms with Crippen LogP contribution in [0, 0.1) is 5.92 Å². The fraction of sp³-hybridized carbons (Fsp3) is 0.875. The van der Waals surface area contributed by atoms with Crippen molar-refractivity contribution in [2.24, 2.45) is 5.92 Å². The van der Waals surface area contributed by atoms with Gasteiger partial charge in [-0.3, -0.25) is 4.79 Å². The van der Waals surface area contributed by atoms with Gasteiger partial charge in [-0.05, 0) is 12.8 Å². The van der Waals surface area contributed by atoms with Gasteiger partial charge in [-0.2, -0.15) is 0 Å². The Kier molecular flexibility index (Phi) is 1.50. The molecule has 0 spiro atoms. The average molecular weight is 151 g/mol. The van der Waals surface area contributed by atoms with E-state index in [0.717, 1.165) is 0 Å². The minimum Gasteiger partial charge on any atom is -0.481 e. The number of hydrogen-bond donors (Lipinski definition) is 1. The lowest BCUT2D eigenvalue weighted by atomic mass is 9.99. The van der Waals surface area contributed by atoms with Gasteiger partial charge in [0.2, 0.25) is 0 Å². The minimum absolute atomic E-state index is 0.113. The van der Waals surface area contributed by atoms with Crippen molar-refractivity contribution in [1.82, 2.24) is 0 Å². The molecule has 0 amide bonds. The maximum absolute atomic E-state index is 10.9. The Balaban J connectivity index is 5.42. The Bertz CT molecular complexity index is 284. The number of rotatable bonds is 5. The number of hydrogen-bond acceptors (Lipinski definition) is 1. The molecule has 0 heterocycles. The van der Waals surface area contributed by atoms with E-state index in [9.17, 15) is 4.79 Å². The van der Waals surface area contributed by atoms with Crippen LogP contribution in [0.1, 0.15) is 49.0 Å². The van der Waals surface area contributed by atoms with E-state index in [-0.39, 0.29) is 6.42 Å². The molecule has 0 aliphatic heterocycles. The molecule has 0 aromatic carbocycles. The predicted molar refractivity (Wildman–Crippen MR) is 40.9 cm³/mol. The molecule has 1 atom stereocenters. The second-order valence-corrected chi connectivity index (χ2v) is 1.95. The van der Waals surface area contributed by atoms with Crippen LogP contribution < -0.4 is 0 Å². The summed E-state index contributed by atoms with van der Waals surface area (Å²) in [6, 6.07) is 0. The highest BCUT2D eigenvalue weighted by Crippen LogP contribution is 2.12. The molecule has 10 heavy (non-hydrogen) atoms. The van der Waals surface area contributed by atoms with Crippen LogP contribution in [0.2, 0.25) is 0 Å². The summed E-state index contributed by atoms with van der Waals surface area (Å²) in [6.45, 7) is -1.59. The fourth-order valence-electron chi connectivity index (χ4n) is 0.633. The van der Waals surface area contributed by atoms with Crippen molar-refractivity contribution in [3.8, 4) is 0 Å². The molecule has 0 aromatic rings. The van der Waals surface area contributed by atoms with Gasteiger partial charge in [0.15, 0.2) is 0 Å². The van der Waals surface area contributed by atoms with E-state index in [2.05, 4.69) is 0 Å². The van der Waals surface area contributed by atoms with Gasteiger partial charge < -0.3 is 5.11 Å². The second-order valence-electron chi connectivity index (χ2n) is 1.95. The molecule has 1 N–H and O–H groups in total. The first-order valence-electron chi connectivity index (χ1n) is 6.62. The SMILES string of the molecule is [2H]C([2H])([2H])C([2H])([2H])C([2H])([2H])C(CCC)C(=O)O. The minimum atomic E-state index is -3.21. The van der Waals surface area contributed by atoms with Gasteiger partial charge in [-0.15, -0.1) is 0 Å². The lowest BCUT2D eigenvalue weighted by molar-refractivity contribution is -0.142. The summed E-state index contributed by atoms with van der Waals surface area (Å²) in [5.41, 5.74) is 0. The molecule has 2 nitrogen and oxygen atoms in total. The van der Waals surface area contributed by atoms with Crippen LogP contribution in [0.3, 0.4) is 0 Å². The van der Waals surface area contributed by atoms with Crippen molar-refractivity contribution >= 4 is 5.97 Å². The Labute approximate surface area is 72.1 Å². The monoisotopic (exact) mass is 151 g/mol. The lowest BCUT2D eigenvalue weighted by Gasteiger charge is -2.07. The lowest BCUT2D eigenvalue weighted by Crippen LogP contribution is -2.12. The molecule has 0 fully saturated rings. The quantitative estimate of drug-likeness (QED) is 0.654. The Morgan fingerprint density at radius 2 is 2.60 bits per heavy atom. The predicted octanol–water partition coefficient (Wildman–Crippen LogP) is 2.29. The molecule has 1 unspecified atom stereocenters. The van der Waals surface area contributed by atoms with Crippen molar-refractivity contribution in [1.29, 1.82) is 0 Å². The van der Waals surface area contributed by atoms with Crippen LogP contribution in [-0.4, -0.2) is 11.1 Å². The van der Waals surface area contributed by atoms with E-state index >= 15 is 0 Å². The van der Waals surface area contributed by atoms with Crippen LogP contribution in [0.25, 0.3) is 0 Å². The first-order valence-corrected chi connectivity index (χ1v) is 3.12. The zero-order chi connectivity index (χ0) is 14.1. The first kappa shape index (κ1) is 2.84.